The van der Waals surface area contributed by atoms with Gasteiger partial charge in [-0.2, -0.15) is 0 Å². The van der Waals surface area contributed by atoms with Crippen molar-refractivity contribution in [3.05, 3.63) is 66.5 Å². The third-order valence-electron chi connectivity index (χ3n) is 5.93. The number of hydrogen-bond acceptors (Lipinski definition) is 6. The fourth-order valence-electron chi connectivity index (χ4n) is 4.10. The van der Waals surface area contributed by atoms with Gasteiger partial charge >= 0.3 is 0 Å². The first-order valence-corrected chi connectivity index (χ1v) is 10.7. The predicted molar refractivity (Wildman–Crippen MR) is 124 cm³/mol. The van der Waals surface area contributed by atoms with Gasteiger partial charge in [-0.1, -0.05) is 0 Å². The maximum atomic E-state index is 14.6. The van der Waals surface area contributed by atoms with Gasteiger partial charge in [-0.3, -0.25) is 4.98 Å². The summed E-state index contributed by atoms with van der Waals surface area (Å²) >= 11 is 0. The number of fused-ring (bicyclic) bond motifs is 1. The fourth-order valence-corrected chi connectivity index (χ4v) is 4.10. The van der Waals surface area contributed by atoms with Crippen molar-refractivity contribution >= 4 is 16.7 Å². The molecule has 8 heteroatoms. The van der Waals surface area contributed by atoms with Crippen LogP contribution in [0.25, 0.3) is 33.4 Å². The molecule has 0 spiro atoms. The number of halogens is 2. The molecule has 1 saturated heterocycles. The quantitative estimate of drug-likeness (QED) is 0.462. The number of piperazine rings is 1. The number of benzene rings is 2. The molecule has 0 amide bonds. The number of nitrogens with zero attached hydrogens (tertiary/aromatic N) is 5. The van der Waals surface area contributed by atoms with Gasteiger partial charge in [-0.25, -0.2) is 18.7 Å². The molecule has 1 aliphatic rings. The topological polar surface area (TPSA) is 54.4 Å². The Balaban J connectivity index is 1.77. The van der Waals surface area contributed by atoms with E-state index in [1.165, 1.54) is 6.07 Å². The smallest absolute Gasteiger partial charge is 0.163 e. The van der Waals surface area contributed by atoms with Gasteiger partial charge in [0.15, 0.2) is 5.82 Å². The number of anilines is 1. The van der Waals surface area contributed by atoms with Crippen molar-refractivity contribution in [1.29, 1.82) is 0 Å². The van der Waals surface area contributed by atoms with Gasteiger partial charge in [-0.15, -0.1) is 0 Å². The van der Waals surface area contributed by atoms with Crippen molar-refractivity contribution in [3.63, 3.8) is 0 Å². The van der Waals surface area contributed by atoms with Crippen LogP contribution in [0.15, 0.2) is 54.9 Å². The maximum absolute atomic E-state index is 14.6. The molecule has 0 atom stereocenters. The highest BCUT2D eigenvalue weighted by Crippen LogP contribution is 2.38. The van der Waals surface area contributed by atoms with Crippen molar-refractivity contribution in [3.8, 4) is 28.3 Å². The molecule has 0 bridgehead atoms. The average Bonchev–Trinajstić information content (AvgIpc) is 2.85. The van der Waals surface area contributed by atoms with Crippen LogP contribution in [0.1, 0.15) is 0 Å². The Morgan fingerprint density at radius 1 is 0.939 bits per heavy atom. The zero-order valence-electron chi connectivity index (χ0n) is 18.4. The summed E-state index contributed by atoms with van der Waals surface area (Å²) in [5.74, 6) is 0.727. The summed E-state index contributed by atoms with van der Waals surface area (Å²) < 4.78 is 34.2. The number of ether oxygens (including phenoxy) is 1. The van der Waals surface area contributed by atoms with Crippen LogP contribution in [0.2, 0.25) is 0 Å². The summed E-state index contributed by atoms with van der Waals surface area (Å²) in [5, 5.41) is 0.727. The van der Waals surface area contributed by atoms with Crippen LogP contribution in [-0.4, -0.2) is 60.2 Å². The van der Waals surface area contributed by atoms with Crippen molar-refractivity contribution < 1.29 is 13.5 Å². The minimum atomic E-state index is -0.508. The molecular formula is C25H23F2N5O. The molecule has 6 nitrogen and oxygen atoms in total. The zero-order chi connectivity index (χ0) is 22.9. The van der Waals surface area contributed by atoms with Crippen molar-refractivity contribution in [2.45, 2.75) is 0 Å². The molecule has 4 aromatic rings. The maximum Gasteiger partial charge on any atom is 0.163 e. The molecule has 1 aliphatic heterocycles. The molecule has 0 radical (unpaired) electrons. The molecule has 1 fully saturated rings. The highest BCUT2D eigenvalue weighted by molar-refractivity contribution is 5.98. The Hall–Kier alpha value is -3.65. The monoisotopic (exact) mass is 447 g/mol. The summed E-state index contributed by atoms with van der Waals surface area (Å²) in [6.07, 6.45) is 3.42. The van der Waals surface area contributed by atoms with E-state index in [0.717, 1.165) is 55.1 Å². The van der Waals surface area contributed by atoms with Crippen molar-refractivity contribution in [2.24, 2.45) is 0 Å². The highest BCUT2D eigenvalue weighted by Gasteiger charge is 2.22. The molecule has 0 aliphatic carbocycles. The number of methoxy groups -OCH3 is 1. The van der Waals surface area contributed by atoms with E-state index in [0.29, 0.717) is 22.7 Å². The van der Waals surface area contributed by atoms with E-state index in [9.17, 15) is 8.78 Å². The Morgan fingerprint density at radius 2 is 1.76 bits per heavy atom. The normalized spacial score (nSPS) is 14.6. The Morgan fingerprint density at radius 3 is 2.48 bits per heavy atom. The van der Waals surface area contributed by atoms with Gasteiger partial charge < -0.3 is 14.5 Å². The number of rotatable bonds is 4. The lowest BCUT2D eigenvalue weighted by Crippen LogP contribution is -2.45. The van der Waals surface area contributed by atoms with E-state index in [1.807, 2.05) is 18.2 Å². The molecule has 2 aromatic heterocycles. The van der Waals surface area contributed by atoms with Crippen LogP contribution >= 0.6 is 0 Å². The van der Waals surface area contributed by atoms with Gasteiger partial charge in [0.1, 0.15) is 28.7 Å². The molecule has 168 valence electrons. The number of pyridine rings is 1. The summed E-state index contributed by atoms with van der Waals surface area (Å²) in [4.78, 5) is 18.3. The van der Waals surface area contributed by atoms with Crippen LogP contribution in [0.4, 0.5) is 14.6 Å². The molecule has 0 saturated carbocycles. The molecule has 3 heterocycles. The van der Waals surface area contributed by atoms with Crippen LogP contribution in [0.3, 0.4) is 0 Å². The van der Waals surface area contributed by atoms with Crippen LogP contribution in [0.5, 0.6) is 5.75 Å². The second kappa shape index (κ2) is 8.71. The molecule has 5 rings (SSSR count). The Bertz CT molecular complexity index is 1310. The molecule has 2 aromatic carbocycles. The van der Waals surface area contributed by atoms with E-state index < -0.39 is 11.6 Å². The lowest BCUT2D eigenvalue weighted by Gasteiger charge is -2.34. The van der Waals surface area contributed by atoms with Gasteiger partial charge in [-0.05, 0) is 55.1 Å². The molecule has 33 heavy (non-hydrogen) atoms. The van der Waals surface area contributed by atoms with E-state index in [2.05, 4.69) is 21.8 Å². The van der Waals surface area contributed by atoms with E-state index >= 15 is 0 Å². The SMILES string of the molecule is COc1cc(-c2cc(F)ccc2F)cc2c(N3CCN(C)CC3)nc(-c3cccnc3)nc12. The summed E-state index contributed by atoms with van der Waals surface area (Å²) in [6.45, 7) is 3.36. The van der Waals surface area contributed by atoms with Crippen LogP contribution in [-0.2, 0) is 0 Å². The van der Waals surface area contributed by atoms with E-state index in [1.54, 1.807) is 25.6 Å². The minimum Gasteiger partial charge on any atom is -0.494 e. The van der Waals surface area contributed by atoms with Gasteiger partial charge in [0, 0.05) is 55.1 Å². The lowest BCUT2D eigenvalue weighted by atomic mass is 10.0. The fraction of sp³-hybridized carbons (Fsp3) is 0.240. The number of aromatic nitrogens is 3. The first-order chi connectivity index (χ1) is 16.0. The van der Waals surface area contributed by atoms with Gasteiger partial charge in [0.2, 0.25) is 0 Å². The molecule has 0 N–H and O–H groups in total. The third kappa shape index (κ3) is 4.09. The van der Waals surface area contributed by atoms with Crippen molar-refractivity contribution in [1.82, 2.24) is 19.9 Å². The first kappa shape index (κ1) is 21.2. The zero-order valence-corrected chi connectivity index (χ0v) is 18.4. The molecular weight excluding hydrogens is 424 g/mol. The largest absolute Gasteiger partial charge is 0.494 e. The second-order valence-electron chi connectivity index (χ2n) is 8.10. The summed E-state index contributed by atoms with van der Waals surface area (Å²) in [6, 6.07) is 10.7. The first-order valence-electron chi connectivity index (χ1n) is 10.7. The Labute approximate surface area is 190 Å². The minimum absolute atomic E-state index is 0.163. The third-order valence-corrected chi connectivity index (χ3v) is 5.93. The van der Waals surface area contributed by atoms with Crippen LogP contribution < -0.4 is 9.64 Å². The van der Waals surface area contributed by atoms with E-state index in [4.69, 9.17) is 14.7 Å². The molecule has 0 unspecified atom stereocenters. The highest BCUT2D eigenvalue weighted by atomic mass is 19.1. The Kier molecular flexibility index (Phi) is 5.60. The summed E-state index contributed by atoms with van der Waals surface area (Å²) in [7, 11) is 3.63. The average molecular weight is 447 g/mol. The van der Waals surface area contributed by atoms with Crippen molar-refractivity contribution in [2.75, 3.05) is 45.2 Å². The van der Waals surface area contributed by atoms with Gasteiger partial charge in [0.25, 0.3) is 0 Å². The van der Waals surface area contributed by atoms with Gasteiger partial charge in [0.05, 0.1) is 7.11 Å². The van der Waals surface area contributed by atoms with E-state index in [-0.39, 0.29) is 5.56 Å². The predicted octanol–water partition coefficient (Wildman–Crippen LogP) is 4.40. The lowest BCUT2D eigenvalue weighted by molar-refractivity contribution is 0.312. The van der Waals surface area contributed by atoms with Crippen LogP contribution in [0, 0.1) is 11.6 Å². The number of hydrogen-bond donors (Lipinski definition) is 0. The summed E-state index contributed by atoms with van der Waals surface area (Å²) in [5.41, 5.74) is 2.07. The second-order valence-corrected chi connectivity index (χ2v) is 8.10. The number of likely N-dealkylation sites (N-methyl/N-ethyl adjacent to an activating group) is 1. The standard InChI is InChI=1S/C25H23F2N5O/c1-31-8-10-32(11-9-31)25-20-12-17(19-14-18(26)5-6-21(19)27)13-22(33-2)23(20)29-24(30-25)16-4-3-7-28-15-16/h3-7,12-15H,8-11H2,1-2H3.